The van der Waals surface area contributed by atoms with Crippen molar-refractivity contribution < 1.29 is 19.5 Å². The standard InChI is InChI=1S/C12H8BrNO4/c1-6-4-10(15)14(11(6)16)9-5-7(13)2-3-8(9)12(17)18/h2-5H,1H3,(H,17,18). The summed E-state index contributed by atoms with van der Waals surface area (Å²) in [6.45, 7) is 1.51. The lowest BCUT2D eigenvalue weighted by molar-refractivity contribution is -0.120. The molecule has 1 aromatic carbocycles. The third kappa shape index (κ3) is 1.95. The molecule has 1 aliphatic heterocycles. The number of anilines is 1. The Labute approximate surface area is 111 Å². The number of carboxylic acid groups (broad SMARTS) is 1. The highest BCUT2D eigenvalue weighted by Crippen LogP contribution is 2.29. The van der Waals surface area contributed by atoms with Gasteiger partial charge in [0, 0.05) is 16.1 Å². The number of hydrogen-bond donors (Lipinski definition) is 1. The zero-order valence-electron chi connectivity index (χ0n) is 9.31. The van der Waals surface area contributed by atoms with Crippen LogP contribution in [-0.2, 0) is 9.59 Å². The lowest BCUT2D eigenvalue weighted by atomic mass is 10.1. The first-order chi connectivity index (χ1) is 8.41. The number of hydrogen-bond acceptors (Lipinski definition) is 3. The molecule has 0 spiro atoms. The Kier molecular flexibility index (Phi) is 3.04. The first kappa shape index (κ1) is 12.5. The van der Waals surface area contributed by atoms with Gasteiger partial charge in [-0.05, 0) is 25.1 Å². The van der Waals surface area contributed by atoms with Gasteiger partial charge in [-0.3, -0.25) is 9.59 Å². The highest BCUT2D eigenvalue weighted by molar-refractivity contribution is 9.10. The van der Waals surface area contributed by atoms with Crippen molar-refractivity contribution in [2.24, 2.45) is 0 Å². The second-order valence-electron chi connectivity index (χ2n) is 3.77. The first-order valence-corrected chi connectivity index (χ1v) is 5.80. The van der Waals surface area contributed by atoms with Crippen molar-refractivity contribution in [3.63, 3.8) is 0 Å². The quantitative estimate of drug-likeness (QED) is 0.848. The van der Waals surface area contributed by atoms with Crippen molar-refractivity contribution in [3.8, 4) is 0 Å². The third-order valence-electron chi connectivity index (χ3n) is 2.53. The van der Waals surface area contributed by atoms with E-state index in [0.717, 1.165) is 4.90 Å². The van der Waals surface area contributed by atoms with Crippen LogP contribution in [0.2, 0.25) is 0 Å². The van der Waals surface area contributed by atoms with E-state index >= 15 is 0 Å². The molecule has 2 amide bonds. The number of imide groups is 1. The molecule has 0 saturated carbocycles. The Bertz CT molecular complexity index is 606. The van der Waals surface area contributed by atoms with Gasteiger partial charge in [0.1, 0.15) is 0 Å². The molecule has 0 aromatic heterocycles. The van der Waals surface area contributed by atoms with Gasteiger partial charge in [0.25, 0.3) is 11.8 Å². The van der Waals surface area contributed by atoms with Crippen molar-refractivity contribution in [2.45, 2.75) is 6.92 Å². The average molecular weight is 310 g/mol. The van der Waals surface area contributed by atoms with Crippen LogP contribution in [0.4, 0.5) is 5.69 Å². The number of halogens is 1. The minimum absolute atomic E-state index is 0.0694. The summed E-state index contributed by atoms with van der Waals surface area (Å²) in [6.07, 6.45) is 1.19. The van der Waals surface area contributed by atoms with Crippen molar-refractivity contribution in [1.29, 1.82) is 0 Å². The highest BCUT2D eigenvalue weighted by Gasteiger charge is 2.32. The fraction of sp³-hybridized carbons (Fsp3) is 0.0833. The molecule has 18 heavy (non-hydrogen) atoms. The number of carbonyl (C=O) groups excluding carboxylic acids is 2. The van der Waals surface area contributed by atoms with Gasteiger partial charge >= 0.3 is 5.97 Å². The molecule has 1 N–H and O–H groups in total. The van der Waals surface area contributed by atoms with Gasteiger partial charge in [0.05, 0.1) is 11.3 Å². The van der Waals surface area contributed by atoms with Crippen molar-refractivity contribution in [2.75, 3.05) is 4.90 Å². The summed E-state index contributed by atoms with van der Waals surface area (Å²) in [4.78, 5) is 35.5. The van der Waals surface area contributed by atoms with Crippen LogP contribution >= 0.6 is 15.9 Å². The zero-order valence-corrected chi connectivity index (χ0v) is 10.9. The fourth-order valence-electron chi connectivity index (χ4n) is 1.69. The molecule has 0 radical (unpaired) electrons. The molecule has 1 heterocycles. The maximum Gasteiger partial charge on any atom is 0.337 e. The second kappa shape index (κ2) is 4.38. The lowest BCUT2D eigenvalue weighted by Crippen LogP contribution is -2.32. The summed E-state index contributed by atoms with van der Waals surface area (Å²) in [5.41, 5.74) is 0.263. The Balaban J connectivity index is 2.58. The van der Waals surface area contributed by atoms with Crippen LogP contribution in [0.15, 0.2) is 34.3 Å². The van der Waals surface area contributed by atoms with E-state index in [1.807, 2.05) is 0 Å². The Hall–Kier alpha value is -1.95. The number of aromatic carboxylic acids is 1. The van der Waals surface area contributed by atoms with Gasteiger partial charge in [-0.1, -0.05) is 15.9 Å². The van der Waals surface area contributed by atoms with Crippen LogP contribution in [0.3, 0.4) is 0 Å². The molecule has 0 fully saturated rings. The molecule has 0 unspecified atom stereocenters. The van der Waals surface area contributed by atoms with E-state index in [1.165, 1.54) is 31.2 Å². The molecule has 1 aliphatic rings. The van der Waals surface area contributed by atoms with Gasteiger partial charge in [-0.2, -0.15) is 0 Å². The van der Waals surface area contributed by atoms with E-state index in [4.69, 9.17) is 5.11 Å². The van der Waals surface area contributed by atoms with Crippen molar-refractivity contribution in [1.82, 2.24) is 0 Å². The largest absolute Gasteiger partial charge is 0.478 e. The van der Waals surface area contributed by atoms with E-state index < -0.39 is 17.8 Å². The van der Waals surface area contributed by atoms with Gasteiger partial charge < -0.3 is 5.11 Å². The highest BCUT2D eigenvalue weighted by atomic mass is 79.9. The Morgan fingerprint density at radius 2 is 2.00 bits per heavy atom. The van der Waals surface area contributed by atoms with E-state index in [-0.39, 0.29) is 16.8 Å². The van der Waals surface area contributed by atoms with Crippen LogP contribution < -0.4 is 4.90 Å². The summed E-state index contributed by atoms with van der Waals surface area (Å²) in [7, 11) is 0. The summed E-state index contributed by atoms with van der Waals surface area (Å²) < 4.78 is 0.590. The monoisotopic (exact) mass is 309 g/mol. The number of benzene rings is 1. The number of nitrogens with zero attached hydrogens (tertiary/aromatic N) is 1. The molecule has 5 nitrogen and oxygen atoms in total. The van der Waals surface area contributed by atoms with Gasteiger partial charge in [0.2, 0.25) is 0 Å². The number of carboxylic acids is 1. The maximum absolute atomic E-state index is 11.8. The molecule has 92 valence electrons. The smallest absolute Gasteiger partial charge is 0.337 e. The molecular formula is C12H8BrNO4. The molecular weight excluding hydrogens is 302 g/mol. The summed E-state index contributed by atoms with van der Waals surface area (Å²) in [5.74, 6) is -2.22. The predicted octanol–water partition coefficient (Wildman–Crippen LogP) is 1.97. The van der Waals surface area contributed by atoms with Gasteiger partial charge in [-0.15, -0.1) is 0 Å². The van der Waals surface area contributed by atoms with Gasteiger partial charge in [0.15, 0.2) is 0 Å². The minimum Gasteiger partial charge on any atom is -0.478 e. The average Bonchev–Trinajstić information content (AvgIpc) is 2.52. The number of amides is 2. The van der Waals surface area contributed by atoms with Crippen LogP contribution in [0.1, 0.15) is 17.3 Å². The van der Waals surface area contributed by atoms with Gasteiger partial charge in [-0.25, -0.2) is 9.69 Å². The topological polar surface area (TPSA) is 74.7 Å². The van der Waals surface area contributed by atoms with Crippen LogP contribution in [-0.4, -0.2) is 22.9 Å². The Morgan fingerprint density at radius 3 is 2.50 bits per heavy atom. The summed E-state index contributed by atoms with van der Waals surface area (Å²) in [6, 6.07) is 4.32. The third-order valence-corrected chi connectivity index (χ3v) is 3.03. The predicted molar refractivity (Wildman–Crippen MR) is 67.4 cm³/mol. The van der Waals surface area contributed by atoms with Crippen LogP contribution in [0.25, 0.3) is 0 Å². The normalized spacial score (nSPS) is 15.0. The molecule has 6 heteroatoms. The molecule has 1 aromatic rings. The zero-order chi connectivity index (χ0) is 13.4. The van der Waals surface area contributed by atoms with Crippen molar-refractivity contribution >= 4 is 39.4 Å². The number of carbonyl (C=O) groups is 3. The molecule has 0 saturated heterocycles. The molecule has 0 atom stereocenters. The minimum atomic E-state index is -1.19. The maximum atomic E-state index is 11.8. The van der Waals surface area contributed by atoms with E-state index in [2.05, 4.69) is 15.9 Å². The summed E-state index contributed by atoms with van der Waals surface area (Å²) >= 11 is 3.19. The first-order valence-electron chi connectivity index (χ1n) is 5.01. The van der Waals surface area contributed by atoms with Crippen molar-refractivity contribution in [3.05, 3.63) is 39.9 Å². The van der Waals surface area contributed by atoms with Crippen LogP contribution in [0, 0.1) is 0 Å². The molecule has 0 aliphatic carbocycles. The van der Waals surface area contributed by atoms with E-state index in [9.17, 15) is 14.4 Å². The SMILES string of the molecule is CC1=CC(=O)N(c2cc(Br)ccc2C(=O)O)C1=O. The lowest BCUT2D eigenvalue weighted by Gasteiger charge is -2.17. The summed E-state index contributed by atoms with van der Waals surface area (Å²) in [5, 5.41) is 9.07. The fourth-order valence-corrected chi connectivity index (χ4v) is 2.04. The molecule has 0 bridgehead atoms. The second-order valence-corrected chi connectivity index (χ2v) is 4.69. The number of rotatable bonds is 2. The van der Waals surface area contributed by atoms with E-state index in [0.29, 0.717) is 4.47 Å². The molecule has 2 rings (SSSR count). The van der Waals surface area contributed by atoms with Crippen LogP contribution in [0.5, 0.6) is 0 Å². The Morgan fingerprint density at radius 1 is 1.33 bits per heavy atom. The van der Waals surface area contributed by atoms with E-state index in [1.54, 1.807) is 0 Å².